The van der Waals surface area contributed by atoms with E-state index in [0.29, 0.717) is 30.5 Å². The molecule has 0 saturated carbocycles. The van der Waals surface area contributed by atoms with Crippen molar-refractivity contribution in [1.29, 1.82) is 0 Å². The smallest absolute Gasteiger partial charge is 0.248 e. The molecule has 43 heavy (non-hydrogen) atoms. The molecule has 1 atom stereocenters. The van der Waals surface area contributed by atoms with Gasteiger partial charge >= 0.3 is 0 Å². The topological polar surface area (TPSA) is 91.9 Å². The Morgan fingerprint density at radius 1 is 1.07 bits per heavy atom. The van der Waals surface area contributed by atoms with E-state index in [2.05, 4.69) is 20.6 Å². The Kier molecular flexibility index (Phi) is 9.23. The van der Waals surface area contributed by atoms with E-state index in [1.807, 2.05) is 49.3 Å². The fourth-order valence-corrected chi connectivity index (χ4v) is 4.73. The van der Waals surface area contributed by atoms with Crippen LogP contribution in [-0.4, -0.2) is 55.1 Å². The molecule has 0 radical (unpaired) electrons. The number of hydrogen-bond donors (Lipinski definition) is 2. The van der Waals surface area contributed by atoms with Crippen LogP contribution in [0.3, 0.4) is 0 Å². The zero-order valence-electron chi connectivity index (χ0n) is 24.1. The number of methoxy groups -OCH3 is 1. The molecular weight excluding hydrogens is 554 g/mol. The van der Waals surface area contributed by atoms with Gasteiger partial charge in [-0.3, -0.25) is 9.63 Å². The number of halogens is 2. The van der Waals surface area contributed by atoms with E-state index >= 15 is 0 Å². The molecule has 0 aliphatic carbocycles. The van der Waals surface area contributed by atoms with Crippen molar-refractivity contribution >= 4 is 28.9 Å². The second-order valence-electron chi connectivity index (χ2n) is 10.2. The molecule has 1 aliphatic heterocycles. The number of benzene rings is 3. The minimum absolute atomic E-state index is 0.0156. The molecule has 1 aromatic heterocycles. The Hall–Kier alpha value is -4.87. The number of hydroxylamine groups is 1. The number of amides is 1. The van der Waals surface area contributed by atoms with Crippen molar-refractivity contribution in [2.45, 2.75) is 12.5 Å². The van der Waals surface area contributed by atoms with Crippen LogP contribution < -0.4 is 20.4 Å². The summed E-state index contributed by atoms with van der Waals surface area (Å²) in [5, 5.41) is 7.43. The Balaban J connectivity index is 1.36. The lowest BCUT2D eigenvalue weighted by atomic mass is 9.98. The van der Waals surface area contributed by atoms with Gasteiger partial charge in [0, 0.05) is 31.2 Å². The standard InChI is InChI=1S/C32H32F2N6O3/c1-39(2)13-6-11-32(41)38-26-18-27(29(42-3)17-25(26)34)37-30-19-31(36-20-35-30)40-28(12-14-43-40)23-9-4-7-21(15-23)22-8-5-10-24(33)16-22/h4-11,15-20,28H,12-14H2,1-3H3,(H,38,41)(H,35,36,37)/b11-6+. The number of carbonyl (C=O) groups excluding carboxylic acids is 1. The van der Waals surface area contributed by atoms with Crippen LogP contribution in [0.5, 0.6) is 5.75 Å². The van der Waals surface area contributed by atoms with Gasteiger partial charge in [-0.2, -0.15) is 0 Å². The van der Waals surface area contributed by atoms with E-state index in [4.69, 9.17) is 9.57 Å². The third kappa shape index (κ3) is 7.32. The van der Waals surface area contributed by atoms with Gasteiger partial charge in [-0.25, -0.2) is 23.8 Å². The van der Waals surface area contributed by atoms with Crippen molar-refractivity contribution < 1.29 is 23.1 Å². The van der Waals surface area contributed by atoms with Crippen molar-refractivity contribution in [2.75, 3.05) is 50.1 Å². The fourth-order valence-electron chi connectivity index (χ4n) is 4.73. The summed E-state index contributed by atoms with van der Waals surface area (Å²) in [4.78, 5) is 28.9. The van der Waals surface area contributed by atoms with Crippen molar-refractivity contribution in [3.63, 3.8) is 0 Å². The predicted octanol–water partition coefficient (Wildman–Crippen LogP) is 6.11. The van der Waals surface area contributed by atoms with Gasteiger partial charge in [0.15, 0.2) is 11.6 Å². The number of anilines is 4. The normalized spacial score (nSPS) is 14.8. The average molecular weight is 587 g/mol. The maximum Gasteiger partial charge on any atom is 0.248 e. The van der Waals surface area contributed by atoms with E-state index in [0.717, 1.165) is 23.1 Å². The van der Waals surface area contributed by atoms with Gasteiger partial charge in [-0.1, -0.05) is 36.4 Å². The van der Waals surface area contributed by atoms with Crippen LogP contribution in [0.1, 0.15) is 18.0 Å². The monoisotopic (exact) mass is 586 g/mol. The van der Waals surface area contributed by atoms with Gasteiger partial charge in [0.05, 0.1) is 31.1 Å². The van der Waals surface area contributed by atoms with Gasteiger partial charge in [0.1, 0.15) is 23.7 Å². The molecule has 222 valence electrons. The number of nitrogens with one attached hydrogen (secondary N) is 2. The quantitative estimate of drug-likeness (QED) is 0.215. The Bertz CT molecular complexity index is 1630. The summed E-state index contributed by atoms with van der Waals surface area (Å²) < 4.78 is 34.0. The summed E-state index contributed by atoms with van der Waals surface area (Å²) in [6, 6.07) is 18.6. The molecule has 11 heteroatoms. The average Bonchev–Trinajstić information content (AvgIpc) is 3.49. The molecular formula is C32H32F2N6O3. The van der Waals surface area contributed by atoms with Crippen molar-refractivity contribution in [2.24, 2.45) is 0 Å². The molecule has 4 aromatic rings. The SMILES string of the molecule is COc1cc(F)c(NC(=O)/C=C/CN(C)C)cc1Nc1cc(N2OCCC2c2cccc(-c3cccc(F)c3)c2)ncn1. The van der Waals surface area contributed by atoms with E-state index in [1.165, 1.54) is 43.8 Å². The summed E-state index contributed by atoms with van der Waals surface area (Å²) in [5.74, 6) is -0.256. The van der Waals surface area contributed by atoms with E-state index in [1.54, 1.807) is 23.3 Å². The second kappa shape index (κ2) is 13.4. The molecule has 9 nitrogen and oxygen atoms in total. The molecule has 2 heterocycles. The van der Waals surface area contributed by atoms with Crippen molar-refractivity contribution in [1.82, 2.24) is 14.9 Å². The first-order valence-corrected chi connectivity index (χ1v) is 13.7. The van der Waals surface area contributed by atoms with Crippen LogP contribution in [0, 0.1) is 11.6 Å². The number of rotatable bonds is 10. The highest BCUT2D eigenvalue weighted by Gasteiger charge is 2.29. The maximum atomic E-state index is 14.8. The van der Waals surface area contributed by atoms with Crippen LogP contribution in [0.25, 0.3) is 11.1 Å². The molecule has 5 rings (SSSR count). The molecule has 1 amide bonds. The summed E-state index contributed by atoms with van der Waals surface area (Å²) >= 11 is 0. The van der Waals surface area contributed by atoms with Crippen molar-refractivity contribution in [3.05, 3.63) is 102 Å². The van der Waals surface area contributed by atoms with E-state index in [-0.39, 0.29) is 23.3 Å². The van der Waals surface area contributed by atoms with Crippen LogP contribution >= 0.6 is 0 Å². The number of aromatic nitrogens is 2. The zero-order valence-corrected chi connectivity index (χ0v) is 24.1. The number of likely N-dealkylation sites (N-methyl/N-ethyl adjacent to an activating group) is 1. The zero-order chi connectivity index (χ0) is 30.3. The van der Waals surface area contributed by atoms with Crippen LogP contribution in [0.4, 0.5) is 31.8 Å². The van der Waals surface area contributed by atoms with Crippen LogP contribution in [-0.2, 0) is 9.63 Å². The van der Waals surface area contributed by atoms with E-state index in [9.17, 15) is 13.6 Å². The molecule has 0 spiro atoms. The molecule has 2 N–H and O–H groups in total. The maximum absolute atomic E-state index is 14.8. The number of nitrogens with zero attached hydrogens (tertiary/aromatic N) is 4. The minimum Gasteiger partial charge on any atom is -0.494 e. The number of carbonyl (C=O) groups is 1. The van der Waals surface area contributed by atoms with Gasteiger partial charge < -0.3 is 20.3 Å². The lowest BCUT2D eigenvalue weighted by molar-refractivity contribution is -0.111. The summed E-state index contributed by atoms with van der Waals surface area (Å²) in [6.45, 7) is 1.06. The largest absolute Gasteiger partial charge is 0.494 e. The summed E-state index contributed by atoms with van der Waals surface area (Å²) in [7, 11) is 5.18. The number of hydrogen-bond acceptors (Lipinski definition) is 8. The van der Waals surface area contributed by atoms with E-state index < -0.39 is 11.7 Å². The molecule has 1 aliphatic rings. The number of ether oxygens (including phenoxy) is 1. The van der Waals surface area contributed by atoms with Gasteiger partial charge in [-0.15, -0.1) is 0 Å². The summed E-state index contributed by atoms with van der Waals surface area (Å²) in [6.07, 6.45) is 5.16. The third-order valence-electron chi connectivity index (χ3n) is 6.76. The third-order valence-corrected chi connectivity index (χ3v) is 6.76. The predicted molar refractivity (Wildman–Crippen MR) is 162 cm³/mol. The Labute approximate surface area is 248 Å². The highest BCUT2D eigenvalue weighted by molar-refractivity contribution is 6.00. The first-order valence-electron chi connectivity index (χ1n) is 13.7. The van der Waals surface area contributed by atoms with Gasteiger partial charge in [0.2, 0.25) is 5.91 Å². The molecule has 1 unspecified atom stereocenters. The Morgan fingerprint density at radius 2 is 1.86 bits per heavy atom. The van der Waals surface area contributed by atoms with Gasteiger partial charge in [-0.05, 0) is 55.1 Å². The molecule has 1 fully saturated rings. The second-order valence-corrected chi connectivity index (χ2v) is 10.2. The first kappa shape index (κ1) is 29.6. The molecule has 3 aromatic carbocycles. The van der Waals surface area contributed by atoms with Crippen LogP contribution in [0.2, 0.25) is 0 Å². The fraction of sp³-hybridized carbons (Fsp3) is 0.219. The highest BCUT2D eigenvalue weighted by atomic mass is 19.1. The first-order chi connectivity index (χ1) is 20.8. The van der Waals surface area contributed by atoms with Gasteiger partial charge in [0.25, 0.3) is 0 Å². The summed E-state index contributed by atoms with van der Waals surface area (Å²) in [5.41, 5.74) is 3.05. The highest BCUT2D eigenvalue weighted by Crippen LogP contribution is 2.37. The van der Waals surface area contributed by atoms with Crippen molar-refractivity contribution in [3.8, 4) is 16.9 Å². The molecule has 1 saturated heterocycles. The Morgan fingerprint density at radius 3 is 2.63 bits per heavy atom. The minimum atomic E-state index is -0.645. The molecule has 0 bridgehead atoms. The lowest BCUT2D eigenvalue weighted by Crippen LogP contribution is -2.22. The van der Waals surface area contributed by atoms with Crippen LogP contribution in [0.15, 0.2) is 85.2 Å². The lowest BCUT2D eigenvalue weighted by Gasteiger charge is -2.24.